The van der Waals surface area contributed by atoms with Crippen molar-refractivity contribution in [3.05, 3.63) is 42.5 Å². The van der Waals surface area contributed by atoms with E-state index in [1.54, 1.807) is 0 Å². The second kappa shape index (κ2) is 8.81. The van der Waals surface area contributed by atoms with Crippen molar-refractivity contribution in [3.8, 4) is 0 Å². The lowest BCUT2D eigenvalue weighted by Gasteiger charge is -2.17. The highest BCUT2D eigenvalue weighted by Gasteiger charge is 2.19. The second-order valence-corrected chi connectivity index (χ2v) is 7.63. The molecular formula is C16H18N2O4S2. The average Bonchev–Trinajstić information content (AvgIpc) is 2.57. The summed E-state index contributed by atoms with van der Waals surface area (Å²) in [6, 6.07) is 11.7. The smallest absolute Gasteiger partial charge is 0.327 e. The molecule has 0 aliphatic heterocycles. The Morgan fingerprint density at radius 1 is 1.00 bits per heavy atom. The third-order valence-corrected chi connectivity index (χ3v) is 5.75. The van der Waals surface area contributed by atoms with Gasteiger partial charge in [0.1, 0.15) is 12.1 Å². The molecule has 0 saturated carbocycles. The molecule has 0 aliphatic carbocycles. The third-order valence-electron chi connectivity index (χ3n) is 3.30. The van der Waals surface area contributed by atoms with Crippen LogP contribution in [0, 0.1) is 0 Å². The lowest BCUT2D eigenvalue weighted by molar-refractivity contribution is -0.138. The summed E-state index contributed by atoms with van der Waals surface area (Å²) < 4.78 is 0. The number of hydrogen-bond acceptors (Lipinski definition) is 6. The molecule has 6 nitrogen and oxygen atoms in total. The summed E-state index contributed by atoms with van der Waals surface area (Å²) in [5.74, 6) is -1.51. The van der Waals surface area contributed by atoms with E-state index >= 15 is 0 Å². The van der Waals surface area contributed by atoms with Gasteiger partial charge in [0.2, 0.25) is 0 Å². The average molecular weight is 366 g/mol. The number of carboxylic acid groups (broad SMARTS) is 2. The van der Waals surface area contributed by atoms with Gasteiger partial charge in [-0.15, -0.1) is 0 Å². The zero-order valence-corrected chi connectivity index (χ0v) is 14.3. The van der Waals surface area contributed by atoms with Gasteiger partial charge in [-0.25, -0.2) is 4.79 Å². The van der Waals surface area contributed by atoms with E-state index in [-0.39, 0.29) is 11.5 Å². The van der Waals surface area contributed by atoms with Crippen molar-refractivity contribution in [3.63, 3.8) is 0 Å². The summed E-state index contributed by atoms with van der Waals surface area (Å²) in [7, 11) is 2.55. The van der Waals surface area contributed by atoms with E-state index in [0.717, 1.165) is 16.5 Å². The predicted octanol–water partition coefficient (Wildman–Crippen LogP) is 2.50. The lowest BCUT2D eigenvalue weighted by atomic mass is 10.1. The molecule has 0 heterocycles. The summed E-state index contributed by atoms with van der Waals surface area (Å²) in [5.41, 5.74) is 6.17. The fourth-order valence-corrected chi connectivity index (χ4v) is 4.29. The highest BCUT2D eigenvalue weighted by atomic mass is 33.1. The van der Waals surface area contributed by atoms with E-state index in [0.29, 0.717) is 0 Å². The molecule has 0 bridgehead atoms. The van der Waals surface area contributed by atoms with E-state index in [4.69, 9.17) is 10.8 Å². The first-order valence-corrected chi connectivity index (χ1v) is 9.67. The Morgan fingerprint density at radius 3 is 2.38 bits per heavy atom. The molecule has 0 radical (unpaired) electrons. The van der Waals surface area contributed by atoms with Gasteiger partial charge in [0.15, 0.2) is 0 Å². The van der Waals surface area contributed by atoms with Crippen molar-refractivity contribution in [1.29, 1.82) is 0 Å². The molecule has 0 spiro atoms. The molecule has 0 saturated heterocycles. The van der Waals surface area contributed by atoms with Crippen molar-refractivity contribution < 1.29 is 19.8 Å². The van der Waals surface area contributed by atoms with Gasteiger partial charge in [0.25, 0.3) is 0 Å². The minimum Gasteiger partial charge on any atom is -0.480 e. The van der Waals surface area contributed by atoms with E-state index in [1.165, 1.54) is 21.6 Å². The molecule has 0 amide bonds. The van der Waals surface area contributed by atoms with Crippen LogP contribution in [0.25, 0.3) is 10.8 Å². The molecule has 8 heteroatoms. The van der Waals surface area contributed by atoms with Crippen LogP contribution in [0.3, 0.4) is 0 Å². The first-order chi connectivity index (χ1) is 11.5. The van der Waals surface area contributed by atoms with Crippen molar-refractivity contribution in [2.24, 2.45) is 5.73 Å². The molecule has 2 aromatic carbocycles. The Bertz CT molecular complexity index is 721. The van der Waals surface area contributed by atoms with Crippen LogP contribution in [0.5, 0.6) is 0 Å². The highest BCUT2D eigenvalue weighted by Crippen LogP contribution is 2.27. The second-order valence-electron chi connectivity index (χ2n) is 5.08. The van der Waals surface area contributed by atoms with Gasteiger partial charge in [0.05, 0.1) is 0 Å². The van der Waals surface area contributed by atoms with Crippen LogP contribution in [0.15, 0.2) is 42.5 Å². The standard InChI is InChI=1S/C16H18N2O4S2/c17-12(15(19)20)8-23-24-9-14(16(21)22)18-13-7-3-5-10-4-1-2-6-11(10)13/h1-7,12,14,18H,8-9,17H2,(H,19,20)(H,21,22)/t12?,14-/m0/s1. The zero-order chi connectivity index (χ0) is 17.5. The molecular weight excluding hydrogens is 348 g/mol. The lowest BCUT2D eigenvalue weighted by Crippen LogP contribution is -2.33. The van der Waals surface area contributed by atoms with Gasteiger partial charge < -0.3 is 21.3 Å². The van der Waals surface area contributed by atoms with Gasteiger partial charge in [-0.3, -0.25) is 4.79 Å². The van der Waals surface area contributed by atoms with Crippen LogP contribution in [0.4, 0.5) is 5.69 Å². The SMILES string of the molecule is NC(CSSC[C@H](Nc1cccc2ccccc12)C(=O)O)C(=O)O. The summed E-state index contributed by atoms with van der Waals surface area (Å²) in [4.78, 5) is 22.1. The Balaban J connectivity index is 1.98. The van der Waals surface area contributed by atoms with Crippen LogP contribution in [-0.4, -0.2) is 45.7 Å². The van der Waals surface area contributed by atoms with Gasteiger partial charge in [0, 0.05) is 22.6 Å². The molecule has 0 fully saturated rings. The molecule has 128 valence electrons. The molecule has 2 aromatic rings. The number of aliphatic carboxylic acids is 2. The number of carbonyl (C=O) groups is 2. The molecule has 5 N–H and O–H groups in total. The summed E-state index contributed by atoms with van der Waals surface area (Å²) >= 11 is 0. The van der Waals surface area contributed by atoms with Crippen LogP contribution in [0.1, 0.15) is 0 Å². The fourth-order valence-electron chi connectivity index (χ4n) is 2.02. The number of anilines is 1. The highest BCUT2D eigenvalue weighted by molar-refractivity contribution is 8.76. The summed E-state index contributed by atoms with van der Waals surface area (Å²) in [6.07, 6.45) is 0. The number of benzene rings is 2. The van der Waals surface area contributed by atoms with Gasteiger partial charge in [-0.1, -0.05) is 58.0 Å². The normalized spacial score (nSPS) is 13.4. The molecule has 2 rings (SSSR count). The quantitative estimate of drug-likeness (QED) is 0.395. The number of nitrogens with two attached hydrogens (primary N) is 1. The van der Waals surface area contributed by atoms with Crippen molar-refractivity contribution >= 4 is 50.0 Å². The van der Waals surface area contributed by atoms with Crippen LogP contribution >= 0.6 is 21.6 Å². The predicted molar refractivity (Wildman–Crippen MR) is 99.5 cm³/mol. The summed E-state index contributed by atoms with van der Waals surface area (Å²) in [5, 5.41) is 23.2. The van der Waals surface area contributed by atoms with E-state index in [2.05, 4.69) is 5.32 Å². The van der Waals surface area contributed by atoms with Crippen LogP contribution in [-0.2, 0) is 9.59 Å². The van der Waals surface area contributed by atoms with Crippen molar-refractivity contribution in [2.45, 2.75) is 12.1 Å². The largest absolute Gasteiger partial charge is 0.480 e. The Morgan fingerprint density at radius 2 is 1.67 bits per heavy atom. The van der Waals surface area contributed by atoms with E-state index < -0.39 is 24.0 Å². The Kier molecular flexibility index (Phi) is 6.77. The first kappa shape index (κ1) is 18.4. The minimum atomic E-state index is -1.06. The van der Waals surface area contributed by atoms with Gasteiger partial charge >= 0.3 is 11.9 Å². The Hall–Kier alpha value is -1.90. The number of fused-ring (bicyclic) bond motifs is 1. The van der Waals surface area contributed by atoms with Crippen molar-refractivity contribution in [2.75, 3.05) is 16.8 Å². The number of hydrogen-bond donors (Lipinski definition) is 4. The first-order valence-electron chi connectivity index (χ1n) is 7.19. The number of nitrogens with one attached hydrogen (secondary N) is 1. The van der Waals surface area contributed by atoms with Crippen molar-refractivity contribution in [1.82, 2.24) is 0 Å². The molecule has 1 unspecified atom stereocenters. The van der Waals surface area contributed by atoms with E-state index in [1.807, 2.05) is 42.5 Å². The number of carboxylic acids is 2. The zero-order valence-electron chi connectivity index (χ0n) is 12.7. The third kappa shape index (κ3) is 5.05. The summed E-state index contributed by atoms with van der Waals surface area (Å²) in [6.45, 7) is 0. The monoisotopic (exact) mass is 366 g/mol. The van der Waals surface area contributed by atoms with Crippen LogP contribution < -0.4 is 11.1 Å². The van der Waals surface area contributed by atoms with Gasteiger partial charge in [-0.05, 0) is 11.5 Å². The molecule has 0 aromatic heterocycles. The maximum atomic E-state index is 11.5. The number of rotatable bonds is 9. The molecule has 2 atom stereocenters. The Labute approximate surface area is 147 Å². The maximum absolute atomic E-state index is 11.5. The van der Waals surface area contributed by atoms with Gasteiger partial charge in [-0.2, -0.15) is 0 Å². The van der Waals surface area contributed by atoms with E-state index in [9.17, 15) is 14.7 Å². The molecule has 0 aliphatic rings. The molecule has 24 heavy (non-hydrogen) atoms. The topological polar surface area (TPSA) is 113 Å². The minimum absolute atomic E-state index is 0.223. The maximum Gasteiger partial charge on any atom is 0.327 e. The fraction of sp³-hybridized carbons (Fsp3) is 0.250. The van der Waals surface area contributed by atoms with Crippen LogP contribution in [0.2, 0.25) is 0 Å².